The predicted molar refractivity (Wildman–Crippen MR) is 263 cm³/mol. The smallest absolute Gasteiger partial charge is 0.410 e. The molecule has 8 N–H and O–H groups in total. The van der Waals surface area contributed by atoms with E-state index in [2.05, 4.69) is 35.8 Å². The summed E-state index contributed by atoms with van der Waals surface area (Å²) in [6, 6.07) is 10.7. The highest BCUT2D eigenvalue weighted by atomic mass is 16.6. The molecular formula is C49H69N11O11. The second kappa shape index (κ2) is 23.9. The number of fused-ring (bicyclic) bond motifs is 1. The normalized spacial score (nSPS) is 15.4. The van der Waals surface area contributed by atoms with Crippen molar-refractivity contribution in [2.24, 2.45) is 11.7 Å². The van der Waals surface area contributed by atoms with Crippen molar-refractivity contribution in [3.8, 4) is 6.01 Å². The first-order valence-corrected chi connectivity index (χ1v) is 24.1. The van der Waals surface area contributed by atoms with Crippen molar-refractivity contribution in [1.82, 2.24) is 40.0 Å². The average molecular weight is 988 g/mol. The molecule has 2 aromatic carbocycles. The molecule has 2 fully saturated rings. The van der Waals surface area contributed by atoms with Gasteiger partial charge in [-0.25, -0.2) is 19.2 Å². The van der Waals surface area contributed by atoms with Gasteiger partial charge in [0.05, 0.1) is 45.0 Å². The van der Waals surface area contributed by atoms with Crippen LogP contribution in [0.25, 0.3) is 11.2 Å². The van der Waals surface area contributed by atoms with E-state index in [9.17, 15) is 28.8 Å². The molecule has 2 aromatic heterocycles. The summed E-state index contributed by atoms with van der Waals surface area (Å²) in [4.78, 5) is 93.0. The quantitative estimate of drug-likeness (QED) is 0.0390. The Bertz CT molecular complexity index is 2570. The molecule has 0 radical (unpaired) electrons. The minimum absolute atomic E-state index is 0.00315. The number of amides is 4. The number of esters is 1. The molecule has 0 unspecified atom stereocenters. The number of nitrogen functional groups attached to an aromatic ring is 1. The minimum Gasteiger partial charge on any atom is -0.465 e. The number of carbonyl (C=O) groups is 5. The van der Waals surface area contributed by atoms with Crippen molar-refractivity contribution in [3.05, 3.63) is 75.2 Å². The zero-order valence-corrected chi connectivity index (χ0v) is 41.8. The van der Waals surface area contributed by atoms with E-state index in [1.54, 1.807) is 62.1 Å². The molecule has 4 heterocycles. The number of rotatable bonds is 21. The van der Waals surface area contributed by atoms with Crippen LogP contribution in [0.5, 0.6) is 6.01 Å². The molecule has 71 heavy (non-hydrogen) atoms. The van der Waals surface area contributed by atoms with E-state index in [1.165, 1.54) is 11.7 Å². The summed E-state index contributed by atoms with van der Waals surface area (Å²) in [5.41, 5.74) is 13.9. The Kier molecular flexibility index (Phi) is 18.0. The zero-order chi connectivity index (χ0) is 51.5. The fourth-order valence-electron chi connectivity index (χ4n) is 8.18. The number of ether oxygens (including phenoxy) is 5. The van der Waals surface area contributed by atoms with Crippen LogP contribution >= 0.6 is 0 Å². The number of nitrogens with zero attached hydrogens (tertiary/aromatic N) is 5. The predicted octanol–water partition coefficient (Wildman–Crippen LogP) is 4.04. The molecule has 4 aromatic rings. The number of aromatic nitrogens is 4. The molecule has 2 aliphatic rings. The Morgan fingerprint density at radius 3 is 2.38 bits per heavy atom. The van der Waals surface area contributed by atoms with Crippen LogP contribution in [-0.2, 0) is 48.2 Å². The molecule has 2 atom stereocenters. The monoisotopic (exact) mass is 988 g/mol. The summed E-state index contributed by atoms with van der Waals surface area (Å²) in [6.07, 6.45) is 2.09. The molecule has 2 saturated heterocycles. The molecular weight excluding hydrogens is 919 g/mol. The number of morpholine rings is 1. The van der Waals surface area contributed by atoms with Crippen LogP contribution in [0.1, 0.15) is 101 Å². The van der Waals surface area contributed by atoms with Gasteiger partial charge < -0.3 is 61.0 Å². The number of aromatic amines is 1. The molecule has 4 amide bonds. The van der Waals surface area contributed by atoms with E-state index in [0.29, 0.717) is 94.1 Å². The SMILES string of the molecule is CCCCOc1nc(N)c2[nH]c(=O)n(Cc3ccc(CN4CC5(C4)CN(C(=O)OCc4ccc(NC(=O)[C@H](CCCCNC(=O)OC(C)(C)C)NC(=O)[C@@H](N)C(C)C)cc4)CCO5)cc3C(=O)OC)c2n1. The van der Waals surface area contributed by atoms with Crippen LogP contribution in [-0.4, -0.2) is 136 Å². The van der Waals surface area contributed by atoms with Gasteiger partial charge in [0, 0.05) is 38.4 Å². The van der Waals surface area contributed by atoms with Gasteiger partial charge in [0.15, 0.2) is 11.5 Å². The highest BCUT2D eigenvalue weighted by Gasteiger charge is 2.48. The largest absolute Gasteiger partial charge is 0.465 e. The standard InChI is InChI=1S/C49H69N11O11/c1-8-9-21-68-44-56-39(51)38-40(57-44)60(45(64)55-38)25-33-16-13-32(23-35(33)43(63)67-7)24-58-27-49(28-58)29-59(20-22-70-49)47(66)69-26-31-14-17-34(18-15-31)53-41(61)36(54-42(62)37(50)30(2)3)12-10-11-19-52-46(65)71-48(4,5)6/h13-18,23,30,36-37H,8-12,19-22,24-29,50H2,1-7H3,(H,52,65)(H,53,61)(H,54,62)(H,55,64)(H2,51,56,57)/t36-,37-/m0/s1. The number of alkyl carbamates (subject to hydrolysis) is 1. The Morgan fingerprint density at radius 2 is 1.69 bits per heavy atom. The number of benzene rings is 2. The Labute approximate surface area is 412 Å². The van der Waals surface area contributed by atoms with Gasteiger partial charge in [-0.05, 0) is 87.3 Å². The van der Waals surface area contributed by atoms with Crippen molar-refractivity contribution in [3.63, 3.8) is 0 Å². The lowest BCUT2D eigenvalue weighted by atomic mass is 9.91. The summed E-state index contributed by atoms with van der Waals surface area (Å²) < 4.78 is 29.4. The summed E-state index contributed by atoms with van der Waals surface area (Å²) >= 11 is 0. The maximum atomic E-state index is 13.5. The van der Waals surface area contributed by atoms with E-state index >= 15 is 0 Å². The number of imidazole rings is 1. The van der Waals surface area contributed by atoms with E-state index in [1.807, 2.05) is 26.8 Å². The number of nitrogens with one attached hydrogen (secondary N) is 4. The summed E-state index contributed by atoms with van der Waals surface area (Å²) in [5.74, 6) is -1.48. The number of nitrogens with two attached hydrogens (primary N) is 2. The van der Waals surface area contributed by atoms with E-state index in [0.717, 1.165) is 18.4 Å². The fourth-order valence-corrected chi connectivity index (χ4v) is 8.18. The molecule has 0 bridgehead atoms. The van der Waals surface area contributed by atoms with Crippen LogP contribution in [0.3, 0.4) is 0 Å². The van der Waals surface area contributed by atoms with Gasteiger partial charge in [-0.15, -0.1) is 0 Å². The molecule has 0 saturated carbocycles. The van der Waals surface area contributed by atoms with E-state index < -0.39 is 58.9 Å². The fraction of sp³-hybridized carbons (Fsp3) is 0.551. The minimum atomic E-state index is -0.875. The van der Waals surface area contributed by atoms with Gasteiger partial charge in [0.25, 0.3) is 0 Å². The van der Waals surface area contributed by atoms with E-state index in [4.69, 9.17) is 35.2 Å². The lowest BCUT2D eigenvalue weighted by Gasteiger charge is -2.53. The second-order valence-electron chi connectivity index (χ2n) is 19.4. The molecule has 22 heteroatoms. The average Bonchev–Trinajstić information content (AvgIpc) is 3.63. The zero-order valence-electron chi connectivity index (χ0n) is 41.8. The summed E-state index contributed by atoms with van der Waals surface area (Å²) in [5, 5.41) is 8.34. The maximum Gasteiger partial charge on any atom is 0.410 e. The number of unbranched alkanes of at least 4 members (excludes halogenated alkanes) is 2. The molecule has 1 spiro atoms. The van der Waals surface area contributed by atoms with Crippen molar-refractivity contribution in [2.45, 2.75) is 117 Å². The van der Waals surface area contributed by atoms with Crippen LogP contribution in [0.4, 0.5) is 21.1 Å². The van der Waals surface area contributed by atoms with Crippen LogP contribution in [0.2, 0.25) is 0 Å². The van der Waals surface area contributed by atoms with Crippen LogP contribution in [0.15, 0.2) is 47.3 Å². The highest BCUT2D eigenvalue weighted by molar-refractivity contribution is 5.98. The molecule has 2 aliphatic heterocycles. The third kappa shape index (κ3) is 14.6. The number of hydrogen-bond acceptors (Lipinski definition) is 16. The lowest BCUT2D eigenvalue weighted by molar-refractivity contribution is -0.181. The number of anilines is 2. The van der Waals surface area contributed by atoms with Crippen molar-refractivity contribution in [2.75, 3.05) is 64.1 Å². The Hall–Kier alpha value is -6.78. The van der Waals surface area contributed by atoms with Crippen LogP contribution in [0, 0.1) is 5.92 Å². The number of likely N-dealkylation sites (tertiary alicyclic amines) is 1. The molecule has 386 valence electrons. The van der Waals surface area contributed by atoms with Gasteiger partial charge in [0.2, 0.25) is 11.8 Å². The Morgan fingerprint density at radius 1 is 0.958 bits per heavy atom. The first kappa shape index (κ1) is 53.6. The van der Waals surface area contributed by atoms with Crippen LogP contribution < -0.4 is 37.8 Å². The van der Waals surface area contributed by atoms with Crippen molar-refractivity contribution < 1.29 is 47.7 Å². The number of carbonyl (C=O) groups excluding carboxylic acids is 5. The summed E-state index contributed by atoms with van der Waals surface area (Å²) in [6.45, 7) is 14.3. The van der Waals surface area contributed by atoms with Gasteiger partial charge in [0.1, 0.15) is 29.4 Å². The Balaban J connectivity index is 0.990. The third-order valence-corrected chi connectivity index (χ3v) is 12.0. The van der Waals surface area contributed by atoms with Gasteiger partial charge in [-0.3, -0.25) is 19.1 Å². The molecule has 0 aliphatic carbocycles. The first-order valence-electron chi connectivity index (χ1n) is 24.1. The van der Waals surface area contributed by atoms with Gasteiger partial charge in [-0.2, -0.15) is 9.97 Å². The lowest BCUT2D eigenvalue weighted by Crippen LogP contribution is -2.70. The number of methoxy groups -OCH3 is 1. The van der Waals surface area contributed by atoms with E-state index in [-0.39, 0.29) is 42.1 Å². The second-order valence-corrected chi connectivity index (χ2v) is 19.4. The third-order valence-electron chi connectivity index (χ3n) is 12.0. The molecule has 22 nitrogen and oxygen atoms in total. The van der Waals surface area contributed by atoms with Crippen molar-refractivity contribution in [1.29, 1.82) is 0 Å². The van der Waals surface area contributed by atoms with Crippen molar-refractivity contribution >= 4 is 52.6 Å². The van der Waals surface area contributed by atoms with Gasteiger partial charge >= 0.3 is 29.9 Å². The number of hydrogen-bond donors (Lipinski definition) is 6. The van der Waals surface area contributed by atoms with Gasteiger partial charge in [-0.1, -0.05) is 51.5 Å². The first-order chi connectivity index (χ1) is 33.8. The highest BCUT2D eigenvalue weighted by Crippen LogP contribution is 2.32. The summed E-state index contributed by atoms with van der Waals surface area (Å²) in [7, 11) is 1.30. The maximum absolute atomic E-state index is 13.5. The molecule has 6 rings (SSSR count). The number of H-pyrrole nitrogens is 1. The topological polar surface area (TPSA) is 290 Å².